The van der Waals surface area contributed by atoms with Crippen LogP contribution in [0.3, 0.4) is 0 Å². The normalized spacial score (nSPS) is 14.6. The zero-order chi connectivity index (χ0) is 24.8. The van der Waals surface area contributed by atoms with Crippen molar-refractivity contribution in [2.75, 3.05) is 6.61 Å². The van der Waals surface area contributed by atoms with Crippen LogP contribution >= 0.6 is 0 Å². The molecule has 0 saturated carbocycles. The number of hydrogen-bond acceptors (Lipinski definition) is 4. The first-order valence-corrected chi connectivity index (χ1v) is 11.9. The average molecular weight is 467 g/mol. The first-order valence-electron chi connectivity index (χ1n) is 11.9. The van der Waals surface area contributed by atoms with Crippen molar-refractivity contribution < 1.29 is 19.4 Å². The number of carbonyl (C=O) groups is 1. The molecule has 1 aliphatic heterocycles. The first kappa shape index (κ1) is 24.1. The minimum atomic E-state index is -1.31. The lowest BCUT2D eigenvalue weighted by atomic mass is 9.89. The number of benzene rings is 1. The third-order valence-corrected chi connectivity index (χ3v) is 6.42. The van der Waals surface area contributed by atoms with Gasteiger partial charge in [-0.15, -0.1) is 0 Å². The van der Waals surface area contributed by atoms with Crippen molar-refractivity contribution >= 4 is 16.9 Å². The molecule has 3 heterocycles. The second kappa shape index (κ2) is 8.95. The third kappa shape index (κ3) is 4.13. The van der Waals surface area contributed by atoms with E-state index in [1.807, 2.05) is 56.7 Å². The summed E-state index contributed by atoms with van der Waals surface area (Å²) in [6.07, 6.45) is 3.32. The van der Waals surface area contributed by atoms with Gasteiger partial charge in [-0.25, -0.2) is 4.79 Å². The molecule has 1 N–H and O–H groups in total. The maximum atomic E-state index is 13.6. The molecule has 0 fully saturated rings. The van der Waals surface area contributed by atoms with Gasteiger partial charge in [-0.3, -0.25) is 4.79 Å². The SMILES string of the molecule is CCCn1ccc2c(-c3ccc4c(c3C)CCCO4)c(C(OC(C)(C)C)C(=O)O)n(C)c(=O)c21. The quantitative estimate of drug-likeness (QED) is 0.553. The number of aryl methyl sites for hydroxylation is 1. The largest absolute Gasteiger partial charge is 0.493 e. The van der Waals surface area contributed by atoms with Gasteiger partial charge in [0.15, 0.2) is 6.10 Å². The van der Waals surface area contributed by atoms with Crippen molar-refractivity contribution in [1.82, 2.24) is 9.13 Å². The summed E-state index contributed by atoms with van der Waals surface area (Å²) < 4.78 is 15.3. The Morgan fingerprint density at radius 3 is 2.65 bits per heavy atom. The number of nitrogens with zero attached hydrogens (tertiary/aromatic N) is 2. The van der Waals surface area contributed by atoms with Gasteiger partial charge in [-0.2, -0.15) is 0 Å². The van der Waals surface area contributed by atoms with Crippen LogP contribution in [0.25, 0.3) is 22.0 Å². The summed E-state index contributed by atoms with van der Waals surface area (Å²) in [5, 5.41) is 11.0. The molecule has 1 atom stereocenters. The number of ether oxygens (including phenoxy) is 2. The van der Waals surface area contributed by atoms with Crippen molar-refractivity contribution in [2.24, 2.45) is 7.05 Å². The number of aromatic nitrogens is 2. The lowest BCUT2D eigenvalue weighted by Gasteiger charge is -2.29. The molecule has 182 valence electrons. The van der Waals surface area contributed by atoms with Gasteiger partial charge in [0.2, 0.25) is 0 Å². The molecule has 1 aliphatic rings. The van der Waals surface area contributed by atoms with E-state index >= 15 is 0 Å². The van der Waals surface area contributed by atoms with Gasteiger partial charge < -0.3 is 23.7 Å². The molecular formula is C27H34N2O5. The van der Waals surface area contributed by atoms with E-state index in [1.54, 1.807) is 7.05 Å². The highest BCUT2D eigenvalue weighted by molar-refractivity contribution is 5.99. The van der Waals surface area contributed by atoms with Crippen LogP contribution in [0, 0.1) is 6.92 Å². The number of aliphatic carboxylic acids is 1. The average Bonchev–Trinajstić information content (AvgIpc) is 3.19. The van der Waals surface area contributed by atoms with E-state index in [9.17, 15) is 14.7 Å². The Balaban J connectivity index is 2.12. The van der Waals surface area contributed by atoms with Gasteiger partial charge in [0.1, 0.15) is 11.3 Å². The van der Waals surface area contributed by atoms with Gasteiger partial charge in [0, 0.05) is 30.7 Å². The second-order valence-corrected chi connectivity index (χ2v) is 10.0. The van der Waals surface area contributed by atoms with E-state index in [0.717, 1.165) is 52.7 Å². The molecule has 34 heavy (non-hydrogen) atoms. The fourth-order valence-electron chi connectivity index (χ4n) is 4.96. The molecule has 4 rings (SSSR count). The van der Waals surface area contributed by atoms with Crippen LogP contribution in [0.1, 0.15) is 63.5 Å². The van der Waals surface area contributed by atoms with Crippen LogP contribution in [-0.2, 0) is 29.5 Å². The van der Waals surface area contributed by atoms with Crippen LogP contribution in [0.2, 0.25) is 0 Å². The molecule has 7 nitrogen and oxygen atoms in total. The maximum absolute atomic E-state index is 13.6. The Bertz CT molecular complexity index is 1310. The van der Waals surface area contributed by atoms with Gasteiger partial charge in [-0.1, -0.05) is 13.0 Å². The van der Waals surface area contributed by atoms with Crippen LogP contribution in [-0.4, -0.2) is 32.4 Å². The summed E-state index contributed by atoms with van der Waals surface area (Å²) in [6.45, 7) is 11.0. The van der Waals surface area contributed by atoms with Gasteiger partial charge in [-0.05, 0) is 75.8 Å². The molecule has 0 amide bonds. The Hall–Kier alpha value is -3.06. The molecule has 0 radical (unpaired) electrons. The topological polar surface area (TPSA) is 82.7 Å². The molecule has 3 aromatic rings. The standard InChI is InChI=1S/C27H34N2O5/c1-7-13-29-14-12-19-21(18-10-11-20-17(16(18)2)9-8-15-33-20)23(28(6)25(30)22(19)29)24(26(31)32)34-27(3,4)5/h10-12,14,24H,7-9,13,15H2,1-6H3,(H,31,32). The van der Waals surface area contributed by atoms with Crippen molar-refractivity contribution in [3.63, 3.8) is 0 Å². The lowest BCUT2D eigenvalue weighted by Crippen LogP contribution is -2.33. The minimum absolute atomic E-state index is 0.227. The molecule has 2 aromatic heterocycles. The smallest absolute Gasteiger partial charge is 0.339 e. The summed E-state index contributed by atoms with van der Waals surface area (Å²) >= 11 is 0. The zero-order valence-electron chi connectivity index (χ0n) is 20.9. The van der Waals surface area contributed by atoms with E-state index in [4.69, 9.17) is 9.47 Å². The molecule has 0 bridgehead atoms. The molecular weight excluding hydrogens is 432 g/mol. The highest BCUT2D eigenvalue weighted by Gasteiger charge is 2.34. The first-order chi connectivity index (χ1) is 16.0. The van der Waals surface area contributed by atoms with E-state index < -0.39 is 17.7 Å². The lowest BCUT2D eigenvalue weighted by molar-refractivity contribution is -0.161. The zero-order valence-corrected chi connectivity index (χ0v) is 20.9. The number of rotatable bonds is 6. The van der Waals surface area contributed by atoms with Gasteiger partial charge >= 0.3 is 5.97 Å². The molecule has 0 aliphatic carbocycles. The molecule has 1 aromatic carbocycles. The van der Waals surface area contributed by atoms with Gasteiger partial charge in [0.25, 0.3) is 5.56 Å². The fraction of sp³-hybridized carbons (Fsp3) is 0.481. The maximum Gasteiger partial charge on any atom is 0.339 e. The number of pyridine rings is 1. The number of carboxylic acid groups (broad SMARTS) is 1. The Labute approximate surface area is 199 Å². The monoisotopic (exact) mass is 466 g/mol. The summed E-state index contributed by atoms with van der Waals surface area (Å²) in [7, 11) is 1.64. The second-order valence-electron chi connectivity index (χ2n) is 10.0. The predicted octanol–water partition coefficient (Wildman–Crippen LogP) is 4.99. The van der Waals surface area contributed by atoms with Crippen molar-refractivity contribution in [1.29, 1.82) is 0 Å². The number of fused-ring (bicyclic) bond motifs is 2. The van der Waals surface area contributed by atoms with Crippen LogP contribution in [0.15, 0.2) is 29.2 Å². The summed E-state index contributed by atoms with van der Waals surface area (Å²) in [5.74, 6) is -0.253. The van der Waals surface area contributed by atoms with Crippen LogP contribution in [0.4, 0.5) is 0 Å². The third-order valence-electron chi connectivity index (χ3n) is 6.42. The highest BCUT2D eigenvalue weighted by atomic mass is 16.5. The minimum Gasteiger partial charge on any atom is -0.493 e. The highest BCUT2D eigenvalue weighted by Crippen LogP contribution is 2.41. The molecule has 7 heteroatoms. The summed E-state index contributed by atoms with van der Waals surface area (Å²) in [6, 6.07) is 5.87. The van der Waals surface area contributed by atoms with Crippen molar-refractivity contribution in [3.8, 4) is 16.9 Å². The Morgan fingerprint density at radius 1 is 1.26 bits per heavy atom. The number of carboxylic acids is 1. The Morgan fingerprint density at radius 2 is 2.00 bits per heavy atom. The van der Waals surface area contributed by atoms with E-state index in [2.05, 4.69) is 6.92 Å². The Kier molecular flexibility index (Phi) is 6.34. The number of hydrogen-bond donors (Lipinski definition) is 1. The van der Waals surface area contributed by atoms with Crippen LogP contribution < -0.4 is 10.3 Å². The van der Waals surface area contributed by atoms with Gasteiger partial charge in [0.05, 0.1) is 17.9 Å². The van der Waals surface area contributed by atoms with Crippen molar-refractivity contribution in [3.05, 3.63) is 51.6 Å². The van der Waals surface area contributed by atoms with E-state index in [-0.39, 0.29) is 5.56 Å². The summed E-state index contributed by atoms with van der Waals surface area (Å²) in [5.41, 5.74) is 3.79. The van der Waals surface area contributed by atoms with E-state index in [1.165, 1.54) is 4.57 Å². The summed E-state index contributed by atoms with van der Waals surface area (Å²) in [4.78, 5) is 26.1. The molecule has 0 spiro atoms. The van der Waals surface area contributed by atoms with Crippen LogP contribution in [0.5, 0.6) is 5.75 Å². The molecule has 0 saturated heterocycles. The molecule has 1 unspecified atom stereocenters. The predicted molar refractivity (Wildman–Crippen MR) is 133 cm³/mol. The van der Waals surface area contributed by atoms with E-state index in [0.29, 0.717) is 24.4 Å². The van der Waals surface area contributed by atoms with Crippen molar-refractivity contribution in [2.45, 2.75) is 72.1 Å². The fourth-order valence-corrected chi connectivity index (χ4v) is 4.96.